The number of halogens is 2. The predicted octanol–water partition coefficient (Wildman–Crippen LogP) is 2.99. The number of carbonyl (C=O) groups is 1. The van der Waals surface area contributed by atoms with Crippen LogP contribution < -0.4 is 11.1 Å². The van der Waals surface area contributed by atoms with Gasteiger partial charge in [-0.15, -0.1) is 11.3 Å². The van der Waals surface area contributed by atoms with Gasteiger partial charge < -0.3 is 11.1 Å². The summed E-state index contributed by atoms with van der Waals surface area (Å²) in [4.78, 5) is 20.4. The molecule has 1 unspecified atom stereocenters. The lowest BCUT2D eigenvalue weighted by molar-refractivity contribution is -0.117. The Kier molecular flexibility index (Phi) is 5.11. The van der Waals surface area contributed by atoms with Gasteiger partial charge in [0.25, 0.3) is 0 Å². The summed E-state index contributed by atoms with van der Waals surface area (Å²) in [5.74, 6) is -2.47. The number of hydrogen-bond acceptors (Lipinski definition) is 5. The van der Waals surface area contributed by atoms with E-state index in [0.29, 0.717) is 10.8 Å². The van der Waals surface area contributed by atoms with Crippen molar-refractivity contribution in [3.63, 3.8) is 0 Å². The molecule has 3 aromatic rings. The third kappa shape index (κ3) is 4.04. The van der Waals surface area contributed by atoms with Gasteiger partial charge in [-0.05, 0) is 30.2 Å². The minimum absolute atomic E-state index is 0.0549. The molecule has 128 valence electrons. The molecule has 2 aromatic heterocycles. The van der Waals surface area contributed by atoms with Crippen LogP contribution in [0.2, 0.25) is 0 Å². The zero-order valence-corrected chi connectivity index (χ0v) is 13.8. The van der Waals surface area contributed by atoms with Crippen molar-refractivity contribution in [2.24, 2.45) is 5.73 Å². The number of aromatic nitrogens is 2. The fraction of sp³-hybridized carbons (Fsp3) is 0.118. The van der Waals surface area contributed by atoms with E-state index in [2.05, 4.69) is 15.3 Å². The van der Waals surface area contributed by atoms with Gasteiger partial charge in [-0.25, -0.2) is 13.8 Å². The lowest BCUT2D eigenvalue weighted by Gasteiger charge is -2.11. The zero-order chi connectivity index (χ0) is 17.8. The summed E-state index contributed by atoms with van der Waals surface area (Å²) in [5.41, 5.74) is 7.43. The van der Waals surface area contributed by atoms with Gasteiger partial charge in [0.1, 0.15) is 0 Å². The number of rotatable bonds is 5. The highest BCUT2D eigenvalue weighted by molar-refractivity contribution is 7.14. The first-order valence-corrected chi connectivity index (χ1v) is 8.28. The molecule has 5 nitrogen and oxygen atoms in total. The fourth-order valence-electron chi connectivity index (χ4n) is 2.22. The third-order valence-corrected chi connectivity index (χ3v) is 4.28. The van der Waals surface area contributed by atoms with E-state index in [4.69, 9.17) is 5.73 Å². The van der Waals surface area contributed by atoms with Crippen molar-refractivity contribution in [1.82, 2.24) is 9.97 Å². The molecular formula is C17H14F2N4OS. The Balaban J connectivity index is 1.66. The normalized spacial score (nSPS) is 12.0. The summed E-state index contributed by atoms with van der Waals surface area (Å²) in [6.45, 7) is 0. The second-order valence-corrected chi connectivity index (χ2v) is 6.14. The topological polar surface area (TPSA) is 80.9 Å². The van der Waals surface area contributed by atoms with Crippen molar-refractivity contribution >= 4 is 22.4 Å². The average Bonchev–Trinajstić information content (AvgIpc) is 3.08. The SMILES string of the molecule is NC(Cc1cccc(F)c1F)C(=O)Nc1nc(-c2ccncc2)cs1. The molecule has 1 atom stereocenters. The Hall–Kier alpha value is -2.71. The standard InChI is InChI=1S/C17H14F2N4OS/c18-12-3-1-2-11(15(12)19)8-13(20)16(24)23-17-22-14(9-25-17)10-4-6-21-7-5-10/h1-7,9,13H,8,20H2,(H,22,23,24). The van der Waals surface area contributed by atoms with Crippen LogP contribution in [0.3, 0.4) is 0 Å². The summed E-state index contributed by atoms with van der Waals surface area (Å²) in [5, 5.41) is 4.77. The van der Waals surface area contributed by atoms with Crippen LogP contribution in [0.1, 0.15) is 5.56 Å². The van der Waals surface area contributed by atoms with E-state index < -0.39 is 23.6 Å². The van der Waals surface area contributed by atoms with E-state index in [1.807, 2.05) is 0 Å². The van der Waals surface area contributed by atoms with E-state index in [1.54, 1.807) is 29.9 Å². The molecule has 0 aliphatic carbocycles. The van der Waals surface area contributed by atoms with Crippen LogP contribution in [-0.2, 0) is 11.2 Å². The van der Waals surface area contributed by atoms with E-state index in [1.165, 1.54) is 23.5 Å². The van der Waals surface area contributed by atoms with E-state index in [-0.39, 0.29) is 12.0 Å². The highest BCUT2D eigenvalue weighted by Gasteiger charge is 2.19. The second-order valence-electron chi connectivity index (χ2n) is 5.29. The molecule has 0 saturated carbocycles. The molecular weight excluding hydrogens is 346 g/mol. The van der Waals surface area contributed by atoms with Crippen molar-refractivity contribution < 1.29 is 13.6 Å². The molecule has 1 aromatic carbocycles. The third-order valence-electron chi connectivity index (χ3n) is 3.52. The smallest absolute Gasteiger partial charge is 0.243 e. The van der Waals surface area contributed by atoms with Gasteiger partial charge in [-0.2, -0.15) is 0 Å². The number of hydrogen-bond donors (Lipinski definition) is 2. The Bertz CT molecular complexity index is 885. The molecule has 8 heteroatoms. The van der Waals surface area contributed by atoms with Crippen LogP contribution in [0, 0.1) is 11.6 Å². The number of nitrogens with one attached hydrogen (secondary N) is 1. The number of nitrogens with zero attached hydrogens (tertiary/aromatic N) is 2. The quantitative estimate of drug-likeness (QED) is 0.733. The molecule has 3 rings (SSSR count). The maximum Gasteiger partial charge on any atom is 0.243 e. The summed E-state index contributed by atoms with van der Waals surface area (Å²) in [7, 11) is 0. The van der Waals surface area contributed by atoms with E-state index in [0.717, 1.165) is 11.6 Å². The van der Waals surface area contributed by atoms with Crippen molar-refractivity contribution in [2.75, 3.05) is 5.32 Å². The zero-order valence-electron chi connectivity index (χ0n) is 12.9. The molecule has 0 aliphatic rings. The van der Waals surface area contributed by atoms with Crippen LogP contribution in [0.4, 0.5) is 13.9 Å². The average molecular weight is 360 g/mol. The number of nitrogens with two attached hydrogens (primary N) is 1. The number of amides is 1. The molecule has 0 radical (unpaired) electrons. The molecule has 0 fully saturated rings. The first kappa shape index (κ1) is 17.1. The Morgan fingerprint density at radius 2 is 2.00 bits per heavy atom. The highest BCUT2D eigenvalue weighted by Crippen LogP contribution is 2.24. The van der Waals surface area contributed by atoms with Gasteiger partial charge in [-0.3, -0.25) is 9.78 Å². The number of thiazole rings is 1. The van der Waals surface area contributed by atoms with Crippen LogP contribution in [0.25, 0.3) is 11.3 Å². The first-order chi connectivity index (χ1) is 12.0. The van der Waals surface area contributed by atoms with Gasteiger partial charge in [0.2, 0.25) is 5.91 Å². The maximum atomic E-state index is 13.7. The minimum Gasteiger partial charge on any atom is -0.320 e. The summed E-state index contributed by atoms with van der Waals surface area (Å²) < 4.78 is 26.9. The fourth-order valence-corrected chi connectivity index (χ4v) is 2.94. The van der Waals surface area contributed by atoms with E-state index in [9.17, 15) is 13.6 Å². The molecule has 0 saturated heterocycles. The van der Waals surface area contributed by atoms with Gasteiger partial charge in [0, 0.05) is 23.3 Å². The summed E-state index contributed by atoms with van der Waals surface area (Å²) in [6, 6.07) is 6.37. The van der Waals surface area contributed by atoms with Crippen LogP contribution in [0.5, 0.6) is 0 Å². The molecule has 0 spiro atoms. The highest BCUT2D eigenvalue weighted by atomic mass is 32.1. The molecule has 1 amide bonds. The van der Waals surface area contributed by atoms with Crippen LogP contribution in [0.15, 0.2) is 48.1 Å². The minimum atomic E-state index is -1.02. The monoisotopic (exact) mass is 360 g/mol. The number of anilines is 1. The van der Waals surface area contributed by atoms with Crippen molar-refractivity contribution in [3.8, 4) is 11.3 Å². The molecule has 2 heterocycles. The second kappa shape index (κ2) is 7.45. The predicted molar refractivity (Wildman–Crippen MR) is 92.0 cm³/mol. The van der Waals surface area contributed by atoms with Crippen molar-refractivity contribution in [3.05, 3.63) is 65.3 Å². The Morgan fingerprint density at radius 3 is 2.76 bits per heavy atom. The summed E-state index contributed by atoms with van der Waals surface area (Å²) >= 11 is 1.25. The van der Waals surface area contributed by atoms with Gasteiger partial charge in [0.05, 0.1) is 11.7 Å². The lowest BCUT2D eigenvalue weighted by atomic mass is 10.1. The Labute approximate surface area is 146 Å². The van der Waals surface area contributed by atoms with Gasteiger partial charge >= 0.3 is 0 Å². The Morgan fingerprint density at radius 1 is 1.24 bits per heavy atom. The molecule has 3 N–H and O–H groups in total. The summed E-state index contributed by atoms with van der Waals surface area (Å²) in [6.07, 6.45) is 3.19. The number of pyridine rings is 1. The lowest BCUT2D eigenvalue weighted by Crippen LogP contribution is -2.37. The van der Waals surface area contributed by atoms with Crippen molar-refractivity contribution in [2.45, 2.75) is 12.5 Å². The van der Waals surface area contributed by atoms with Crippen molar-refractivity contribution in [1.29, 1.82) is 0 Å². The number of carbonyl (C=O) groups excluding carboxylic acids is 1. The molecule has 0 aliphatic heterocycles. The van der Waals surface area contributed by atoms with Crippen LogP contribution >= 0.6 is 11.3 Å². The van der Waals surface area contributed by atoms with Crippen LogP contribution in [-0.4, -0.2) is 21.9 Å². The molecule has 25 heavy (non-hydrogen) atoms. The molecule has 0 bridgehead atoms. The van der Waals surface area contributed by atoms with E-state index >= 15 is 0 Å². The largest absolute Gasteiger partial charge is 0.320 e. The van der Waals surface area contributed by atoms with Gasteiger partial charge in [-0.1, -0.05) is 12.1 Å². The van der Waals surface area contributed by atoms with Gasteiger partial charge in [0.15, 0.2) is 16.8 Å². The first-order valence-electron chi connectivity index (χ1n) is 7.40. The maximum absolute atomic E-state index is 13.7. The number of benzene rings is 1.